The van der Waals surface area contributed by atoms with Gasteiger partial charge in [-0.05, 0) is 25.8 Å². The van der Waals surface area contributed by atoms with Crippen LogP contribution in [0.3, 0.4) is 0 Å². The van der Waals surface area contributed by atoms with Gasteiger partial charge in [-0.1, -0.05) is 20.8 Å². The molecule has 0 atom stereocenters. The average Bonchev–Trinajstić information content (AvgIpc) is 3.09. The molecule has 0 aliphatic carbocycles. The number of aryl methyl sites for hydroxylation is 1. The Morgan fingerprint density at radius 2 is 2.04 bits per heavy atom. The van der Waals surface area contributed by atoms with Crippen molar-refractivity contribution in [2.24, 2.45) is 0 Å². The van der Waals surface area contributed by atoms with E-state index in [0.717, 1.165) is 48.2 Å². The molecule has 2 amide bonds. The molecule has 0 unspecified atom stereocenters. The van der Waals surface area contributed by atoms with Crippen LogP contribution in [0.25, 0.3) is 0 Å². The number of aromatic nitrogens is 3. The molecule has 2 aromatic heterocycles. The maximum atomic E-state index is 12.4. The highest BCUT2D eigenvalue weighted by molar-refractivity contribution is 7.09. The summed E-state index contributed by atoms with van der Waals surface area (Å²) in [6.45, 7) is 10.4. The highest BCUT2D eigenvalue weighted by Gasteiger charge is 2.25. The number of rotatable bonds is 3. The largest absolute Gasteiger partial charge is 0.331 e. The van der Waals surface area contributed by atoms with Crippen molar-refractivity contribution in [2.45, 2.75) is 58.4 Å². The van der Waals surface area contributed by atoms with Gasteiger partial charge in [0, 0.05) is 41.7 Å². The SMILES string of the molecule is Cc1nccc(C2CCN(C(=O)NCc3nc(C(C)(C)C)cs3)CC2)n1. The zero-order valence-corrected chi connectivity index (χ0v) is 16.8. The predicted molar refractivity (Wildman–Crippen MR) is 103 cm³/mol. The molecule has 3 rings (SSSR count). The molecule has 0 saturated carbocycles. The van der Waals surface area contributed by atoms with Gasteiger partial charge in [0.15, 0.2) is 0 Å². The van der Waals surface area contributed by atoms with Crippen LogP contribution >= 0.6 is 11.3 Å². The highest BCUT2D eigenvalue weighted by Crippen LogP contribution is 2.27. The average molecular weight is 374 g/mol. The molecule has 7 heteroatoms. The number of nitrogens with zero attached hydrogens (tertiary/aromatic N) is 4. The first-order chi connectivity index (χ1) is 12.3. The van der Waals surface area contributed by atoms with Gasteiger partial charge in [-0.25, -0.2) is 19.7 Å². The number of urea groups is 1. The van der Waals surface area contributed by atoms with Crippen LogP contribution in [-0.4, -0.2) is 39.0 Å². The molecule has 1 N–H and O–H groups in total. The summed E-state index contributed by atoms with van der Waals surface area (Å²) in [5.41, 5.74) is 2.21. The van der Waals surface area contributed by atoms with E-state index in [1.807, 2.05) is 24.1 Å². The van der Waals surface area contributed by atoms with Gasteiger partial charge in [0.1, 0.15) is 10.8 Å². The standard InChI is InChI=1S/C19H27N5OS/c1-13-20-8-5-15(22-13)14-6-9-24(10-7-14)18(25)21-11-17-23-16(12-26-17)19(2,3)4/h5,8,12,14H,6-7,9-11H2,1-4H3,(H,21,25). The first-order valence-corrected chi connectivity index (χ1v) is 9.98. The minimum atomic E-state index is -0.00479. The molecule has 140 valence electrons. The number of nitrogens with one attached hydrogen (secondary N) is 1. The normalized spacial score (nSPS) is 15.9. The van der Waals surface area contributed by atoms with E-state index in [2.05, 4.69) is 46.4 Å². The van der Waals surface area contributed by atoms with Gasteiger partial charge in [-0.2, -0.15) is 0 Å². The van der Waals surface area contributed by atoms with E-state index in [-0.39, 0.29) is 11.4 Å². The Kier molecular flexibility index (Phi) is 5.55. The Bertz CT molecular complexity index is 759. The second kappa shape index (κ2) is 7.70. The van der Waals surface area contributed by atoms with Gasteiger partial charge in [-0.3, -0.25) is 0 Å². The van der Waals surface area contributed by atoms with Crippen molar-refractivity contribution in [2.75, 3.05) is 13.1 Å². The van der Waals surface area contributed by atoms with Crippen molar-refractivity contribution in [1.82, 2.24) is 25.2 Å². The summed E-state index contributed by atoms with van der Waals surface area (Å²) in [5.74, 6) is 1.22. The summed E-state index contributed by atoms with van der Waals surface area (Å²) in [5, 5.41) is 6.04. The van der Waals surface area contributed by atoms with E-state index in [1.54, 1.807) is 11.3 Å². The lowest BCUT2D eigenvalue weighted by molar-refractivity contribution is 0.180. The summed E-state index contributed by atoms with van der Waals surface area (Å²) >= 11 is 1.61. The van der Waals surface area contributed by atoms with Gasteiger partial charge in [-0.15, -0.1) is 11.3 Å². The van der Waals surface area contributed by atoms with E-state index < -0.39 is 0 Å². The van der Waals surface area contributed by atoms with Crippen LogP contribution in [0.4, 0.5) is 4.79 Å². The van der Waals surface area contributed by atoms with Crippen molar-refractivity contribution >= 4 is 17.4 Å². The molecule has 1 fully saturated rings. The van der Waals surface area contributed by atoms with Crippen LogP contribution in [-0.2, 0) is 12.0 Å². The van der Waals surface area contributed by atoms with Gasteiger partial charge >= 0.3 is 6.03 Å². The molecule has 0 radical (unpaired) electrons. The van der Waals surface area contributed by atoms with Crippen LogP contribution < -0.4 is 5.32 Å². The first kappa shape index (κ1) is 18.8. The van der Waals surface area contributed by atoms with E-state index in [1.165, 1.54) is 0 Å². The zero-order valence-electron chi connectivity index (χ0n) is 16.0. The van der Waals surface area contributed by atoms with Crippen LogP contribution in [0, 0.1) is 6.92 Å². The van der Waals surface area contributed by atoms with Crippen LogP contribution in [0.5, 0.6) is 0 Å². The minimum absolute atomic E-state index is 0.00479. The summed E-state index contributed by atoms with van der Waals surface area (Å²) in [6.07, 6.45) is 3.70. The molecule has 0 bridgehead atoms. The lowest BCUT2D eigenvalue weighted by atomic mass is 9.93. The van der Waals surface area contributed by atoms with E-state index in [9.17, 15) is 4.79 Å². The van der Waals surface area contributed by atoms with E-state index in [0.29, 0.717) is 12.5 Å². The Hall–Kier alpha value is -2.02. The molecule has 0 spiro atoms. The predicted octanol–water partition coefficient (Wildman–Crippen LogP) is 3.63. The smallest absolute Gasteiger partial charge is 0.317 e. The topological polar surface area (TPSA) is 71.0 Å². The lowest BCUT2D eigenvalue weighted by Crippen LogP contribution is -2.43. The van der Waals surface area contributed by atoms with Crippen molar-refractivity contribution in [3.63, 3.8) is 0 Å². The van der Waals surface area contributed by atoms with Crippen molar-refractivity contribution in [1.29, 1.82) is 0 Å². The summed E-state index contributed by atoms with van der Waals surface area (Å²) in [7, 11) is 0. The Morgan fingerprint density at radius 1 is 1.31 bits per heavy atom. The van der Waals surface area contributed by atoms with Gasteiger partial charge in [0.2, 0.25) is 0 Å². The van der Waals surface area contributed by atoms with Gasteiger partial charge in [0.25, 0.3) is 0 Å². The second-order valence-electron chi connectivity index (χ2n) is 7.83. The maximum Gasteiger partial charge on any atom is 0.317 e. The summed E-state index contributed by atoms with van der Waals surface area (Å²) in [4.78, 5) is 27.6. The number of hydrogen-bond acceptors (Lipinski definition) is 5. The minimum Gasteiger partial charge on any atom is -0.331 e. The molecule has 1 aliphatic heterocycles. The van der Waals surface area contributed by atoms with Crippen molar-refractivity contribution < 1.29 is 4.79 Å². The molecule has 26 heavy (non-hydrogen) atoms. The monoisotopic (exact) mass is 373 g/mol. The third kappa shape index (κ3) is 4.58. The molecule has 1 aliphatic rings. The number of carbonyl (C=O) groups excluding carboxylic acids is 1. The summed E-state index contributed by atoms with van der Waals surface area (Å²) in [6, 6.07) is 1.98. The molecule has 0 aromatic carbocycles. The molecule has 1 saturated heterocycles. The lowest BCUT2D eigenvalue weighted by Gasteiger charge is -2.31. The van der Waals surface area contributed by atoms with Crippen molar-refractivity contribution in [3.05, 3.63) is 39.9 Å². The number of carbonyl (C=O) groups is 1. The molecule has 6 nitrogen and oxygen atoms in total. The number of piperidine rings is 1. The van der Waals surface area contributed by atoms with E-state index in [4.69, 9.17) is 0 Å². The fourth-order valence-corrected chi connectivity index (χ4v) is 4.04. The van der Waals surface area contributed by atoms with Crippen LogP contribution in [0.2, 0.25) is 0 Å². The van der Waals surface area contributed by atoms with Gasteiger partial charge < -0.3 is 10.2 Å². The van der Waals surface area contributed by atoms with Crippen molar-refractivity contribution in [3.8, 4) is 0 Å². The quantitative estimate of drug-likeness (QED) is 0.892. The highest BCUT2D eigenvalue weighted by atomic mass is 32.1. The first-order valence-electron chi connectivity index (χ1n) is 9.10. The Balaban J connectivity index is 1.49. The fourth-order valence-electron chi connectivity index (χ4n) is 3.08. The Morgan fingerprint density at radius 3 is 2.65 bits per heavy atom. The zero-order chi connectivity index (χ0) is 18.7. The van der Waals surface area contributed by atoms with Crippen LogP contribution in [0.15, 0.2) is 17.6 Å². The summed E-state index contributed by atoms with van der Waals surface area (Å²) < 4.78 is 0. The fraction of sp³-hybridized carbons (Fsp3) is 0.579. The number of hydrogen-bond donors (Lipinski definition) is 1. The van der Waals surface area contributed by atoms with Gasteiger partial charge in [0.05, 0.1) is 12.2 Å². The molecular formula is C19H27N5OS. The molecule has 3 heterocycles. The molecular weight excluding hydrogens is 346 g/mol. The maximum absolute atomic E-state index is 12.4. The Labute approximate surface area is 159 Å². The second-order valence-corrected chi connectivity index (χ2v) is 8.77. The number of likely N-dealkylation sites (tertiary alicyclic amines) is 1. The number of amides is 2. The third-order valence-corrected chi connectivity index (χ3v) is 5.56. The third-order valence-electron chi connectivity index (χ3n) is 4.71. The number of thiazole rings is 1. The van der Waals surface area contributed by atoms with E-state index >= 15 is 0 Å². The molecule has 2 aromatic rings. The van der Waals surface area contributed by atoms with Crippen LogP contribution in [0.1, 0.15) is 61.8 Å².